The Labute approximate surface area is 257 Å². The van der Waals surface area contributed by atoms with Crippen LogP contribution >= 0.6 is 11.6 Å². The van der Waals surface area contributed by atoms with Gasteiger partial charge in [-0.25, -0.2) is 12.8 Å². The predicted molar refractivity (Wildman–Crippen MR) is 167 cm³/mol. The number of sulfonamides is 1. The first-order valence-corrected chi connectivity index (χ1v) is 15.7. The molecule has 0 aliphatic rings. The molecule has 43 heavy (non-hydrogen) atoms. The van der Waals surface area contributed by atoms with E-state index in [0.717, 1.165) is 9.87 Å². The van der Waals surface area contributed by atoms with Gasteiger partial charge >= 0.3 is 0 Å². The Kier molecular flexibility index (Phi) is 10.9. The van der Waals surface area contributed by atoms with Gasteiger partial charge in [-0.05, 0) is 54.4 Å². The summed E-state index contributed by atoms with van der Waals surface area (Å²) in [6, 6.07) is 28.0. The molecular weight excluding hydrogens is 589 g/mol. The van der Waals surface area contributed by atoms with Crippen molar-refractivity contribution in [1.82, 2.24) is 10.2 Å². The lowest BCUT2D eigenvalue weighted by Gasteiger charge is -2.34. The molecule has 0 fully saturated rings. The van der Waals surface area contributed by atoms with Crippen molar-refractivity contribution in [1.29, 1.82) is 0 Å². The zero-order chi connectivity index (χ0) is 30.8. The predicted octanol–water partition coefficient (Wildman–Crippen LogP) is 5.84. The standard InChI is InChI=1S/C33H33ClFN3O4S/c1-2-21-36-33(40)31(22-25-11-5-3-6-12-25)37(23-26-13-9-10-16-30(26)35)32(39)24-38(28-14-7-4-8-15-28)43(41,42)29-19-17-27(34)18-20-29/h3-20,31H,2,21-24H2,1H3,(H,36,40)/t31-/m1/s1. The summed E-state index contributed by atoms with van der Waals surface area (Å²) < 4.78 is 43.8. The van der Waals surface area contributed by atoms with Crippen molar-refractivity contribution < 1.29 is 22.4 Å². The molecule has 0 aromatic heterocycles. The van der Waals surface area contributed by atoms with E-state index < -0.39 is 40.2 Å². The molecule has 0 bridgehead atoms. The molecule has 0 saturated carbocycles. The third kappa shape index (κ3) is 8.21. The number of nitrogens with one attached hydrogen (secondary N) is 1. The van der Waals surface area contributed by atoms with Crippen LogP contribution in [0.15, 0.2) is 114 Å². The van der Waals surface area contributed by atoms with Gasteiger partial charge in [-0.3, -0.25) is 13.9 Å². The fourth-order valence-electron chi connectivity index (χ4n) is 4.59. The van der Waals surface area contributed by atoms with Crippen molar-refractivity contribution >= 4 is 39.1 Å². The Morgan fingerprint density at radius 1 is 0.860 bits per heavy atom. The van der Waals surface area contributed by atoms with E-state index in [1.54, 1.807) is 42.5 Å². The van der Waals surface area contributed by atoms with E-state index >= 15 is 0 Å². The van der Waals surface area contributed by atoms with Crippen LogP contribution in [0.1, 0.15) is 24.5 Å². The molecule has 0 saturated heterocycles. The van der Waals surface area contributed by atoms with Crippen molar-refractivity contribution in [3.8, 4) is 0 Å². The van der Waals surface area contributed by atoms with Crippen LogP contribution in [0.4, 0.5) is 10.1 Å². The van der Waals surface area contributed by atoms with Crippen molar-refractivity contribution in [2.75, 3.05) is 17.4 Å². The molecule has 4 aromatic rings. The summed E-state index contributed by atoms with van der Waals surface area (Å²) in [6.45, 7) is 1.42. The molecule has 1 N–H and O–H groups in total. The maximum absolute atomic E-state index is 14.9. The van der Waals surface area contributed by atoms with Crippen LogP contribution in [-0.4, -0.2) is 44.3 Å². The number of amides is 2. The van der Waals surface area contributed by atoms with Gasteiger partial charge in [0.15, 0.2) is 0 Å². The molecule has 0 spiro atoms. The van der Waals surface area contributed by atoms with Crippen LogP contribution in [0.25, 0.3) is 0 Å². The van der Waals surface area contributed by atoms with Crippen LogP contribution < -0.4 is 9.62 Å². The highest BCUT2D eigenvalue weighted by molar-refractivity contribution is 7.92. The Hall–Kier alpha value is -4.21. The Bertz CT molecular complexity index is 1620. The topological polar surface area (TPSA) is 86.8 Å². The fraction of sp³-hybridized carbons (Fsp3) is 0.212. The molecule has 224 valence electrons. The molecular formula is C33H33ClFN3O4S. The van der Waals surface area contributed by atoms with E-state index in [1.165, 1.54) is 41.3 Å². The molecule has 4 rings (SSSR count). The minimum Gasteiger partial charge on any atom is -0.354 e. The lowest BCUT2D eigenvalue weighted by atomic mass is 10.0. The number of nitrogens with zero attached hydrogens (tertiary/aromatic N) is 2. The summed E-state index contributed by atoms with van der Waals surface area (Å²) in [5.74, 6) is -1.62. The lowest BCUT2D eigenvalue weighted by Crippen LogP contribution is -2.53. The number of hydrogen-bond donors (Lipinski definition) is 1. The Morgan fingerprint density at radius 3 is 2.09 bits per heavy atom. The Morgan fingerprint density at radius 2 is 1.47 bits per heavy atom. The van der Waals surface area contributed by atoms with E-state index in [4.69, 9.17) is 11.6 Å². The quantitative estimate of drug-likeness (QED) is 0.203. The molecule has 0 aliphatic heterocycles. The zero-order valence-corrected chi connectivity index (χ0v) is 25.3. The van der Waals surface area contributed by atoms with Crippen molar-refractivity contribution in [2.45, 2.75) is 37.2 Å². The molecule has 0 radical (unpaired) electrons. The molecule has 0 aliphatic carbocycles. The van der Waals surface area contributed by atoms with Crippen LogP contribution in [-0.2, 0) is 32.6 Å². The van der Waals surface area contributed by atoms with E-state index in [9.17, 15) is 22.4 Å². The van der Waals surface area contributed by atoms with Crippen LogP contribution in [0.5, 0.6) is 0 Å². The summed E-state index contributed by atoms with van der Waals surface area (Å²) >= 11 is 6.00. The first-order valence-electron chi connectivity index (χ1n) is 13.9. The second kappa shape index (κ2) is 14.8. The van der Waals surface area contributed by atoms with E-state index in [0.29, 0.717) is 18.0 Å². The van der Waals surface area contributed by atoms with Gasteiger partial charge in [0.2, 0.25) is 11.8 Å². The summed E-state index contributed by atoms with van der Waals surface area (Å²) in [5.41, 5.74) is 1.25. The van der Waals surface area contributed by atoms with Gasteiger partial charge in [0.05, 0.1) is 10.6 Å². The van der Waals surface area contributed by atoms with Crippen molar-refractivity contribution in [2.24, 2.45) is 0 Å². The van der Waals surface area contributed by atoms with Gasteiger partial charge in [0.1, 0.15) is 18.4 Å². The smallest absolute Gasteiger partial charge is 0.264 e. The molecule has 4 aromatic carbocycles. The largest absolute Gasteiger partial charge is 0.354 e. The number of rotatable bonds is 13. The number of para-hydroxylation sites is 1. The average Bonchev–Trinajstić information content (AvgIpc) is 3.02. The zero-order valence-electron chi connectivity index (χ0n) is 23.7. The number of carbonyl (C=O) groups excluding carboxylic acids is 2. The first kappa shape index (κ1) is 31.7. The van der Waals surface area contributed by atoms with Gasteiger partial charge < -0.3 is 10.2 Å². The molecule has 10 heteroatoms. The van der Waals surface area contributed by atoms with Gasteiger partial charge in [0.25, 0.3) is 10.0 Å². The molecule has 0 unspecified atom stereocenters. The first-order chi connectivity index (χ1) is 20.7. The number of benzene rings is 4. The molecule has 1 atom stereocenters. The second-order valence-corrected chi connectivity index (χ2v) is 12.2. The van der Waals surface area contributed by atoms with Crippen LogP contribution in [0.3, 0.4) is 0 Å². The lowest BCUT2D eigenvalue weighted by molar-refractivity contribution is -0.140. The van der Waals surface area contributed by atoms with Crippen molar-refractivity contribution in [3.63, 3.8) is 0 Å². The highest BCUT2D eigenvalue weighted by Gasteiger charge is 2.34. The number of hydrogen-bond acceptors (Lipinski definition) is 4. The minimum atomic E-state index is -4.25. The van der Waals surface area contributed by atoms with Gasteiger partial charge in [0, 0.05) is 30.1 Å². The Balaban J connectivity index is 1.78. The number of halogens is 2. The third-order valence-corrected chi connectivity index (χ3v) is 8.88. The average molecular weight is 622 g/mol. The highest BCUT2D eigenvalue weighted by atomic mass is 35.5. The van der Waals surface area contributed by atoms with Crippen LogP contribution in [0, 0.1) is 5.82 Å². The van der Waals surface area contributed by atoms with Gasteiger partial charge in [-0.15, -0.1) is 0 Å². The molecule has 0 heterocycles. The number of anilines is 1. The maximum atomic E-state index is 14.9. The molecule has 2 amide bonds. The normalized spacial score (nSPS) is 11.9. The van der Waals surface area contributed by atoms with Crippen LogP contribution in [0.2, 0.25) is 5.02 Å². The summed E-state index contributed by atoms with van der Waals surface area (Å²) in [4.78, 5) is 29.1. The van der Waals surface area contributed by atoms with Gasteiger partial charge in [-0.1, -0.05) is 85.3 Å². The van der Waals surface area contributed by atoms with E-state index in [-0.39, 0.29) is 29.1 Å². The van der Waals surface area contributed by atoms with Gasteiger partial charge in [-0.2, -0.15) is 0 Å². The summed E-state index contributed by atoms with van der Waals surface area (Å²) in [6.07, 6.45) is 0.817. The monoisotopic (exact) mass is 621 g/mol. The maximum Gasteiger partial charge on any atom is 0.264 e. The second-order valence-electron chi connectivity index (χ2n) is 9.91. The molecule has 7 nitrogen and oxygen atoms in total. The summed E-state index contributed by atoms with van der Waals surface area (Å²) in [7, 11) is -4.25. The highest BCUT2D eigenvalue weighted by Crippen LogP contribution is 2.26. The fourth-order valence-corrected chi connectivity index (χ4v) is 6.13. The van der Waals surface area contributed by atoms with E-state index in [2.05, 4.69) is 5.32 Å². The number of carbonyl (C=O) groups is 2. The summed E-state index contributed by atoms with van der Waals surface area (Å²) in [5, 5.41) is 3.22. The van der Waals surface area contributed by atoms with Crippen molar-refractivity contribution in [3.05, 3.63) is 131 Å². The van der Waals surface area contributed by atoms with E-state index in [1.807, 2.05) is 37.3 Å². The SMILES string of the molecule is CCCNC(=O)[C@@H](Cc1ccccc1)N(Cc1ccccc1F)C(=O)CN(c1ccccc1)S(=O)(=O)c1ccc(Cl)cc1. The third-order valence-electron chi connectivity index (χ3n) is 6.84. The minimum absolute atomic E-state index is 0.0595.